The number of rotatable bonds is 23. The highest BCUT2D eigenvalue weighted by Gasteiger charge is 2.44. The summed E-state index contributed by atoms with van der Waals surface area (Å²) in [6.07, 6.45) is 10.3. The average molecular weight is 548 g/mol. The number of aliphatic hydroxyl groups excluding tert-OH is 5. The lowest BCUT2D eigenvalue weighted by atomic mass is 9.99. The molecular formula is C29H57NO8. The molecule has 1 fully saturated rings. The Balaban J connectivity index is 2.48. The van der Waals surface area contributed by atoms with Crippen molar-refractivity contribution in [3.05, 3.63) is 0 Å². The Hall–Kier alpha value is -0.810. The normalized spacial score (nSPS) is 25.3. The third kappa shape index (κ3) is 14.5. The van der Waals surface area contributed by atoms with Gasteiger partial charge in [-0.15, -0.1) is 0 Å². The molecule has 0 aromatic rings. The molecule has 1 rings (SSSR count). The summed E-state index contributed by atoms with van der Waals surface area (Å²) in [5.41, 5.74) is 0. The van der Waals surface area contributed by atoms with Crippen LogP contribution in [0.4, 0.5) is 0 Å². The second-order valence-electron chi connectivity index (χ2n) is 10.9. The molecule has 0 aliphatic carbocycles. The molecule has 0 saturated carbocycles. The zero-order valence-electron chi connectivity index (χ0n) is 23.9. The quantitative estimate of drug-likeness (QED) is 0.107. The summed E-state index contributed by atoms with van der Waals surface area (Å²) >= 11 is 0. The van der Waals surface area contributed by atoms with E-state index in [1.165, 1.54) is 51.4 Å². The van der Waals surface area contributed by atoms with Crippen LogP contribution in [-0.4, -0.2) is 87.5 Å². The van der Waals surface area contributed by atoms with Crippen LogP contribution in [0.5, 0.6) is 0 Å². The molecule has 0 radical (unpaired) electrons. The minimum Gasteiger partial charge on any atom is -0.394 e. The highest BCUT2D eigenvalue weighted by Crippen LogP contribution is 2.22. The van der Waals surface area contributed by atoms with E-state index in [9.17, 15) is 30.3 Å². The van der Waals surface area contributed by atoms with Crippen LogP contribution >= 0.6 is 0 Å². The van der Waals surface area contributed by atoms with Crippen LogP contribution in [0.15, 0.2) is 0 Å². The van der Waals surface area contributed by atoms with Crippen molar-refractivity contribution in [3.63, 3.8) is 0 Å². The van der Waals surface area contributed by atoms with E-state index in [0.717, 1.165) is 44.9 Å². The molecule has 0 bridgehead atoms. The molecule has 0 aromatic carbocycles. The number of hydrogen-bond donors (Lipinski definition) is 6. The SMILES string of the molecule is CCCCCCCCCCCCCC(O)C(COC1OC(CO)C(O)C(O)C1O)NC(=O)CCCCCC. The molecule has 1 heterocycles. The first-order valence-electron chi connectivity index (χ1n) is 15.2. The van der Waals surface area contributed by atoms with Crippen molar-refractivity contribution in [1.29, 1.82) is 0 Å². The van der Waals surface area contributed by atoms with Crippen molar-refractivity contribution in [2.45, 2.75) is 166 Å². The Kier molecular flexibility index (Phi) is 20.3. The molecule has 9 nitrogen and oxygen atoms in total. The molecule has 9 heteroatoms. The molecule has 6 N–H and O–H groups in total. The summed E-state index contributed by atoms with van der Waals surface area (Å²) in [6.45, 7) is 3.65. The summed E-state index contributed by atoms with van der Waals surface area (Å²) in [5, 5.41) is 53.4. The molecule has 1 saturated heterocycles. The van der Waals surface area contributed by atoms with Gasteiger partial charge in [0.2, 0.25) is 5.91 Å². The lowest BCUT2D eigenvalue weighted by Gasteiger charge is -2.40. The fourth-order valence-corrected chi connectivity index (χ4v) is 4.86. The van der Waals surface area contributed by atoms with Crippen molar-refractivity contribution in [2.24, 2.45) is 0 Å². The Morgan fingerprint density at radius 3 is 1.87 bits per heavy atom. The summed E-state index contributed by atoms with van der Waals surface area (Å²) in [6, 6.07) is -0.704. The lowest BCUT2D eigenvalue weighted by molar-refractivity contribution is -0.302. The smallest absolute Gasteiger partial charge is 0.220 e. The van der Waals surface area contributed by atoms with Gasteiger partial charge in [0.1, 0.15) is 24.4 Å². The van der Waals surface area contributed by atoms with Gasteiger partial charge in [0.05, 0.1) is 25.4 Å². The van der Waals surface area contributed by atoms with Gasteiger partial charge in [-0.1, -0.05) is 104 Å². The monoisotopic (exact) mass is 547 g/mol. The first-order chi connectivity index (χ1) is 18.3. The highest BCUT2D eigenvalue weighted by molar-refractivity contribution is 5.76. The van der Waals surface area contributed by atoms with Gasteiger partial charge in [-0.25, -0.2) is 0 Å². The van der Waals surface area contributed by atoms with Gasteiger partial charge in [-0.3, -0.25) is 4.79 Å². The molecule has 7 unspecified atom stereocenters. The van der Waals surface area contributed by atoms with Crippen LogP contribution in [0.3, 0.4) is 0 Å². The van der Waals surface area contributed by atoms with Crippen LogP contribution in [0.1, 0.15) is 123 Å². The van der Waals surface area contributed by atoms with E-state index in [2.05, 4.69) is 19.2 Å². The van der Waals surface area contributed by atoms with E-state index in [0.29, 0.717) is 12.8 Å². The summed E-state index contributed by atoms with van der Waals surface area (Å²) in [4.78, 5) is 12.5. The third-order valence-electron chi connectivity index (χ3n) is 7.46. The van der Waals surface area contributed by atoms with Crippen LogP contribution < -0.4 is 5.32 Å². The predicted octanol–water partition coefficient (Wildman–Crippen LogP) is 3.32. The lowest BCUT2D eigenvalue weighted by Crippen LogP contribution is -2.60. The fraction of sp³-hybridized carbons (Fsp3) is 0.966. The van der Waals surface area contributed by atoms with Crippen molar-refractivity contribution in [2.75, 3.05) is 13.2 Å². The van der Waals surface area contributed by atoms with Gasteiger partial charge in [0.15, 0.2) is 6.29 Å². The Bertz CT molecular complexity index is 579. The van der Waals surface area contributed by atoms with Gasteiger partial charge in [-0.2, -0.15) is 0 Å². The van der Waals surface area contributed by atoms with Crippen LogP contribution in [0.25, 0.3) is 0 Å². The first-order valence-corrected chi connectivity index (χ1v) is 15.2. The van der Waals surface area contributed by atoms with E-state index < -0.39 is 49.5 Å². The average Bonchev–Trinajstić information content (AvgIpc) is 2.91. The van der Waals surface area contributed by atoms with Gasteiger partial charge in [0, 0.05) is 6.42 Å². The maximum absolute atomic E-state index is 12.5. The maximum atomic E-state index is 12.5. The third-order valence-corrected chi connectivity index (χ3v) is 7.46. The largest absolute Gasteiger partial charge is 0.394 e. The second-order valence-corrected chi connectivity index (χ2v) is 10.9. The Labute approximate surface area is 230 Å². The van der Waals surface area contributed by atoms with Crippen LogP contribution in [-0.2, 0) is 14.3 Å². The summed E-state index contributed by atoms with van der Waals surface area (Å²) in [5.74, 6) is -0.165. The van der Waals surface area contributed by atoms with Crippen molar-refractivity contribution in [1.82, 2.24) is 5.32 Å². The maximum Gasteiger partial charge on any atom is 0.220 e. The number of hydrogen-bond acceptors (Lipinski definition) is 8. The minimum absolute atomic E-state index is 0.136. The van der Waals surface area contributed by atoms with Gasteiger partial charge in [-0.05, 0) is 12.8 Å². The number of ether oxygens (including phenoxy) is 2. The molecule has 1 aliphatic rings. The van der Waals surface area contributed by atoms with E-state index in [-0.39, 0.29) is 12.5 Å². The zero-order valence-corrected chi connectivity index (χ0v) is 23.9. The summed E-state index contributed by atoms with van der Waals surface area (Å²) in [7, 11) is 0. The summed E-state index contributed by atoms with van der Waals surface area (Å²) < 4.78 is 11.1. The standard InChI is InChI=1S/C29H57NO8/c1-3-5-7-9-10-11-12-13-14-15-16-18-23(32)22(30-25(33)19-17-8-6-4-2)21-37-29-28(36)27(35)26(34)24(20-31)38-29/h22-24,26-29,31-32,34-36H,3-21H2,1-2H3,(H,30,33). The van der Waals surface area contributed by atoms with Crippen molar-refractivity contribution in [3.8, 4) is 0 Å². The molecule has 1 amide bonds. The molecule has 0 spiro atoms. The molecular weight excluding hydrogens is 490 g/mol. The molecule has 38 heavy (non-hydrogen) atoms. The highest BCUT2D eigenvalue weighted by atomic mass is 16.7. The fourth-order valence-electron chi connectivity index (χ4n) is 4.86. The van der Waals surface area contributed by atoms with Gasteiger partial charge >= 0.3 is 0 Å². The number of unbranched alkanes of at least 4 members (excludes halogenated alkanes) is 13. The van der Waals surface area contributed by atoms with E-state index in [1.807, 2.05) is 0 Å². The van der Waals surface area contributed by atoms with Crippen LogP contribution in [0, 0.1) is 0 Å². The number of nitrogens with one attached hydrogen (secondary N) is 1. The van der Waals surface area contributed by atoms with E-state index >= 15 is 0 Å². The molecule has 0 aromatic heterocycles. The van der Waals surface area contributed by atoms with E-state index in [4.69, 9.17) is 9.47 Å². The number of aliphatic hydroxyl groups is 5. The minimum atomic E-state index is -1.54. The van der Waals surface area contributed by atoms with E-state index in [1.54, 1.807) is 0 Å². The van der Waals surface area contributed by atoms with Crippen LogP contribution in [0.2, 0.25) is 0 Å². The topological polar surface area (TPSA) is 149 Å². The zero-order chi connectivity index (χ0) is 28.2. The molecule has 226 valence electrons. The number of carbonyl (C=O) groups is 1. The Morgan fingerprint density at radius 2 is 1.32 bits per heavy atom. The second kappa shape index (κ2) is 21.9. The molecule has 1 aliphatic heterocycles. The van der Waals surface area contributed by atoms with Gasteiger partial charge in [0.25, 0.3) is 0 Å². The first kappa shape index (κ1) is 35.2. The van der Waals surface area contributed by atoms with Crippen molar-refractivity contribution < 1.29 is 39.8 Å². The van der Waals surface area contributed by atoms with Gasteiger partial charge < -0.3 is 40.3 Å². The number of amides is 1. The Morgan fingerprint density at radius 1 is 0.789 bits per heavy atom. The number of carbonyl (C=O) groups excluding carboxylic acids is 1. The predicted molar refractivity (Wildman–Crippen MR) is 147 cm³/mol. The molecule has 7 atom stereocenters. The van der Waals surface area contributed by atoms with Crippen molar-refractivity contribution >= 4 is 5.91 Å².